The van der Waals surface area contributed by atoms with E-state index in [0.717, 1.165) is 54.1 Å². The van der Waals surface area contributed by atoms with Crippen LogP contribution in [0.2, 0.25) is 0 Å². The maximum Gasteiger partial charge on any atom is 0.358 e. The molecule has 0 radical (unpaired) electrons. The predicted octanol–water partition coefficient (Wildman–Crippen LogP) is 8.92. The third-order valence-electron chi connectivity index (χ3n) is 8.80. The summed E-state index contributed by atoms with van der Waals surface area (Å²) in [6, 6.07) is 43.3. The Kier molecular flexibility index (Phi) is 4.93. The summed E-state index contributed by atoms with van der Waals surface area (Å²) in [4.78, 5) is 28.7. The molecule has 10 aromatic rings. The lowest BCUT2D eigenvalue weighted by molar-refractivity contribution is 0.886. The van der Waals surface area contributed by atoms with Crippen LogP contribution in [0.25, 0.3) is 86.6 Å². The second-order valence-electron chi connectivity index (χ2n) is 11.2. The van der Waals surface area contributed by atoms with E-state index in [0.29, 0.717) is 11.7 Å². The average molecular weight is 596 g/mol. The number of nitrogens with zero attached hydrogens (tertiary/aromatic N) is 5. The van der Waals surface area contributed by atoms with Crippen LogP contribution in [-0.4, -0.2) is 23.9 Å². The molecule has 0 aliphatic rings. The molecule has 0 atom stereocenters. The zero-order valence-electron chi connectivity index (χ0n) is 23.7. The van der Waals surface area contributed by atoms with Crippen LogP contribution in [-0.2, 0) is 0 Å². The Morgan fingerprint density at radius 2 is 1.16 bits per heavy atom. The highest BCUT2D eigenvalue weighted by Gasteiger charge is 2.23. The predicted molar refractivity (Wildman–Crippen MR) is 185 cm³/mol. The van der Waals surface area contributed by atoms with Crippen molar-refractivity contribution >= 4 is 80.8 Å². The fourth-order valence-electron chi connectivity index (χ4n) is 6.95. The summed E-state index contributed by atoms with van der Waals surface area (Å²) in [7, 11) is 0. The molecule has 0 fully saturated rings. The van der Waals surface area contributed by atoms with Gasteiger partial charge in [0, 0.05) is 37.2 Å². The SMILES string of the molecule is O=c1nc(-n2c3ccccc3c3c4ccccc4c4c5ccccc5sc4c32)nc2nc(-c3ccccc3)c3ccccc3n12. The van der Waals surface area contributed by atoms with E-state index >= 15 is 0 Å². The molecular weight excluding hydrogens is 575 g/mol. The quantitative estimate of drug-likeness (QED) is 0.187. The Morgan fingerprint density at radius 1 is 0.533 bits per heavy atom. The Labute approximate surface area is 259 Å². The van der Waals surface area contributed by atoms with Crippen LogP contribution in [0.5, 0.6) is 0 Å². The van der Waals surface area contributed by atoms with Crippen LogP contribution in [0.1, 0.15) is 0 Å². The third-order valence-corrected chi connectivity index (χ3v) is 9.97. The number of hydrogen-bond acceptors (Lipinski definition) is 5. The second kappa shape index (κ2) is 9.05. The highest BCUT2D eigenvalue weighted by molar-refractivity contribution is 7.27. The van der Waals surface area contributed by atoms with Gasteiger partial charge in [-0.3, -0.25) is 4.57 Å². The number of benzene rings is 6. The molecule has 0 amide bonds. The van der Waals surface area contributed by atoms with Crippen molar-refractivity contribution in [2.75, 3.05) is 0 Å². The molecule has 0 spiro atoms. The van der Waals surface area contributed by atoms with E-state index in [9.17, 15) is 4.79 Å². The van der Waals surface area contributed by atoms with Crippen molar-refractivity contribution in [1.29, 1.82) is 0 Å². The number of thiophene rings is 1. The van der Waals surface area contributed by atoms with E-state index in [1.807, 2.05) is 60.7 Å². The van der Waals surface area contributed by atoms with Crippen LogP contribution in [0.3, 0.4) is 0 Å². The topological polar surface area (TPSA) is 65.1 Å². The molecular formula is C38H21N5OS. The summed E-state index contributed by atoms with van der Waals surface area (Å²) in [5.41, 5.74) is 3.97. The Hall–Kier alpha value is -5.92. The van der Waals surface area contributed by atoms with E-state index in [4.69, 9.17) is 9.97 Å². The minimum atomic E-state index is -0.419. The first-order valence-corrected chi connectivity index (χ1v) is 15.6. The molecule has 10 rings (SSSR count). The van der Waals surface area contributed by atoms with Crippen molar-refractivity contribution in [3.63, 3.8) is 0 Å². The molecule has 0 saturated carbocycles. The molecule has 4 aromatic heterocycles. The molecule has 0 bridgehead atoms. The molecule has 0 unspecified atom stereocenters. The molecule has 0 aliphatic carbocycles. The van der Waals surface area contributed by atoms with Crippen LogP contribution in [0.15, 0.2) is 132 Å². The molecule has 45 heavy (non-hydrogen) atoms. The van der Waals surface area contributed by atoms with E-state index in [-0.39, 0.29) is 0 Å². The lowest BCUT2D eigenvalue weighted by atomic mass is 9.99. The number of para-hydroxylation sites is 2. The van der Waals surface area contributed by atoms with E-state index < -0.39 is 5.69 Å². The van der Waals surface area contributed by atoms with Gasteiger partial charge in [0.05, 0.1) is 26.9 Å². The Bertz CT molecular complexity index is 2900. The monoisotopic (exact) mass is 595 g/mol. The molecule has 6 aromatic carbocycles. The van der Waals surface area contributed by atoms with Gasteiger partial charge in [-0.05, 0) is 29.0 Å². The largest absolute Gasteiger partial charge is 0.358 e. The lowest BCUT2D eigenvalue weighted by Gasteiger charge is -2.12. The van der Waals surface area contributed by atoms with Gasteiger partial charge in [-0.2, -0.15) is 9.97 Å². The summed E-state index contributed by atoms with van der Waals surface area (Å²) in [6.45, 7) is 0. The molecule has 4 heterocycles. The van der Waals surface area contributed by atoms with E-state index in [2.05, 4.69) is 76.3 Å². The van der Waals surface area contributed by atoms with Gasteiger partial charge in [-0.1, -0.05) is 109 Å². The summed E-state index contributed by atoms with van der Waals surface area (Å²) >= 11 is 1.76. The van der Waals surface area contributed by atoms with Gasteiger partial charge >= 0.3 is 5.69 Å². The van der Waals surface area contributed by atoms with E-state index in [1.165, 1.54) is 25.3 Å². The van der Waals surface area contributed by atoms with Gasteiger partial charge in [0.15, 0.2) is 0 Å². The molecule has 0 N–H and O–H groups in total. The van der Waals surface area contributed by atoms with E-state index in [1.54, 1.807) is 11.3 Å². The zero-order chi connectivity index (χ0) is 29.6. The standard InChI is InChI=1S/C38H21N5OS/c44-38-41-37(40-36-39-33(22-12-2-1-3-13-22)26-17-7-10-20-29(26)43(36)38)42-28-19-9-6-16-25(28)31-23-14-4-5-15-24(23)32-27-18-8-11-21-30(27)45-35(32)34(31)42/h1-21H. The van der Waals surface area contributed by atoms with Crippen LogP contribution >= 0.6 is 11.3 Å². The normalized spacial score (nSPS) is 12.1. The minimum Gasteiger partial charge on any atom is -0.276 e. The summed E-state index contributed by atoms with van der Waals surface area (Å²) < 4.78 is 5.93. The number of fused-ring (bicyclic) bond motifs is 13. The number of rotatable bonds is 2. The fraction of sp³-hybridized carbons (Fsp3) is 0. The zero-order valence-corrected chi connectivity index (χ0v) is 24.5. The Balaban J connectivity index is 1.41. The Morgan fingerprint density at radius 3 is 1.96 bits per heavy atom. The summed E-state index contributed by atoms with van der Waals surface area (Å²) in [5.74, 6) is 0.615. The number of hydrogen-bond donors (Lipinski definition) is 0. The fourth-order valence-corrected chi connectivity index (χ4v) is 8.21. The maximum atomic E-state index is 14.0. The second-order valence-corrected chi connectivity index (χ2v) is 12.3. The minimum absolute atomic E-state index is 0.307. The van der Waals surface area contributed by atoms with Gasteiger partial charge in [-0.15, -0.1) is 11.3 Å². The molecule has 7 heteroatoms. The van der Waals surface area contributed by atoms with Crippen molar-refractivity contribution < 1.29 is 0 Å². The molecule has 0 saturated heterocycles. The van der Waals surface area contributed by atoms with Crippen molar-refractivity contribution in [1.82, 2.24) is 23.9 Å². The molecule has 0 aliphatic heterocycles. The smallest absolute Gasteiger partial charge is 0.276 e. The van der Waals surface area contributed by atoms with Crippen molar-refractivity contribution in [3.05, 3.63) is 138 Å². The van der Waals surface area contributed by atoms with Crippen molar-refractivity contribution in [2.45, 2.75) is 0 Å². The van der Waals surface area contributed by atoms with Crippen molar-refractivity contribution in [3.8, 4) is 17.2 Å². The van der Waals surface area contributed by atoms with Gasteiger partial charge in [0.1, 0.15) is 0 Å². The molecule has 210 valence electrons. The molecule has 6 nitrogen and oxygen atoms in total. The first kappa shape index (κ1) is 24.5. The first-order chi connectivity index (χ1) is 22.3. The van der Waals surface area contributed by atoms with Gasteiger partial charge in [0.2, 0.25) is 11.7 Å². The van der Waals surface area contributed by atoms with Gasteiger partial charge in [0.25, 0.3) is 0 Å². The number of aromatic nitrogens is 5. The highest BCUT2D eigenvalue weighted by atomic mass is 32.1. The average Bonchev–Trinajstić information content (AvgIpc) is 3.65. The summed E-state index contributed by atoms with van der Waals surface area (Å²) in [5, 5.41) is 7.86. The third kappa shape index (κ3) is 3.33. The van der Waals surface area contributed by atoms with Crippen molar-refractivity contribution in [2.24, 2.45) is 0 Å². The first-order valence-electron chi connectivity index (χ1n) is 14.8. The lowest BCUT2D eigenvalue weighted by Crippen LogP contribution is -2.23. The summed E-state index contributed by atoms with van der Waals surface area (Å²) in [6.07, 6.45) is 0. The van der Waals surface area contributed by atoms with Crippen LogP contribution in [0.4, 0.5) is 0 Å². The van der Waals surface area contributed by atoms with Gasteiger partial charge < -0.3 is 0 Å². The highest BCUT2D eigenvalue weighted by Crippen LogP contribution is 2.47. The van der Waals surface area contributed by atoms with Crippen LogP contribution < -0.4 is 5.69 Å². The maximum absolute atomic E-state index is 14.0. The van der Waals surface area contributed by atoms with Crippen LogP contribution in [0, 0.1) is 0 Å². The van der Waals surface area contributed by atoms with Gasteiger partial charge in [-0.25, -0.2) is 14.2 Å².